The van der Waals surface area contributed by atoms with Crippen molar-refractivity contribution in [2.45, 2.75) is 18.4 Å². The summed E-state index contributed by atoms with van der Waals surface area (Å²) < 4.78 is 4.89. The molecule has 0 radical (unpaired) electrons. The molecule has 0 spiro atoms. The number of hydrogen-bond donors (Lipinski definition) is 1. The summed E-state index contributed by atoms with van der Waals surface area (Å²) in [5.74, 6) is -0.594. The first-order chi connectivity index (χ1) is 8.90. The lowest BCUT2D eigenvalue weighted by Crippen LogP contribution is -2.61. The number of methoxy groups -OCH3 is 1. The number of esters is 1. The summed E-state index contributed by atoms with van der Waals surface area (Å²) in [6.07, 6.45) is 1.87. The summed E-state index contributed by atoms with van der Waals surface area (Å²) in [5.41, 5.74) is -1.14. The summed E-state index contributed by atoms with van der Waals surface area (Å²) in [5, 5.41) is 9.37. The topological polar surface area (TPSA) is 70.1 Å². The Kier molecular flexibility index (Phi) is 4.94. The first-order valence-corrected chi connectivity index (χ1v) is 6.24. The van der Waals surface area contributed by atoms with Gasteiger partial charge in [0.25, 0.3) is 0 Å². The quantitative estimate of drug-likeness (QED) is 0.597. The van der Waals surface area contributed by atoms with E-state index in [2.05, 4.69) is 6.58 Å². The number of likely N-dealkylation sites (N-methyl/N-ethyl adjacent to an activating group) is 1. The average molecular weight is 270 g/mol. The largest absolute Gasteiger partial charge is 0.467 e. The lowest BCUT2D eigenvalue weighted by Gasteiger charge is -2.39. The Labute approximate surface area is 113 Å². The molecule has 1 amide bonds. The van der Waals surface area contributed by atoms with Crippen LogP contribution < -0.4 is 0 Å². The van der Waals surface area contributed by atoms with Crippen molar-refractivity contribution in [2.24, 2.45) is 5.92 Å². The minimum atomic E-state index is -1.14. The van der Waals surface area contributed by atoms with Gasteiger partial charge in [0, 0.05) is 13.1 Å². The van der Waals surface area contributed by atoms with Crippen LogP contribution in [0, 0.1) is 5.92 Å². The maximum Gasteiger partial charge on any atom is 0.408 e. The van der Waals surface area contributed by atoms with Crippen LogP contribution in [0.5, 0.6) is 0 Å². The molecule has 0 aromatic carbocycles. The fourth-order valence-electron chi connectivity index (χ4n) is 2.94. The smallest absolute Gasteiger partial charge is 0.408 e. The summed E-state index contributed by atoms with van der Waals surface area (Å²) in [6.45, 7) is 4.35. The molecule has 1 fully saturated rings. The second kappa shape index (κ2) is 6.06. The van der Waals surface area contributed by atoms with E-state index in [9.17, 15) is 14.7 Å². The minimum absolute atomic E-state index is 0.101. The number of hydrogen-bond acceptors (Lipinski definition) is 4. The molecule has 0 aliphatic carbocycles. The second-order valence-corrected chi connectivity index (χ2v) is 5.10. The molecule has 6 heteroatoms. The zero-order valence-electron chi connectivity index (χ0n) is 11.8. The highest BCUT2D eigenvalue weighted by Gasteiger charge is 2.57. The molecule has 2 atom stereocenters. The number of ether oxygens (including phenoxy) is 1. The lowest BCUT2D eigenvalue weighted by atomic mass is 9.82. The van der Waals surface area contributed by atoms with E-state index in [-0.39, 0.29) is 5.92 Å². The fourth-order valence-corrected chi connectivity index (χ4v) is 2.94. The molecule has 19 heavy (non-hydrogen) atoms. The molecule has 6 nitrogen and oxygen atoms in total. The molecular weight excluding hydrogens is 248 g/mol. The Hall–Kier alpha value is -1.56. The molecule has 0 aromatic rings. The molecule has 0 aromatic heterocycles. The monoisotopic (exact) mass is 270 g/mol. The number of amides is 1. The molecule has 1 aliphatic heterocycles. The van der Waals surface area contributed by atoms with E-state index in [1.54, 1.807) is 6.08 Å². The maximum atomic E-state index is 12.3. The zero-order valence-corrected chi connectivity index (χ0v) is 11.8. The number of carbonyl (C=O) groups is 2. The summed E-state index contributed by atoms with van der Waals surface area (Å²) >= 11 is 0. The molecule has 1 aliphatic rings. The van der Waals surface area contributed by atoms with E-state index in [1.807, 2.05) is 19.0 Å². The van der Waals surface area contributed by atoms with Crippen LogP contribution in [0.4, 0.5) is 4.79 Å². The van der Waals surface area contributed by atoms with Gasteiger partial charge in [-0.1, -0.05) is 6.08 Å². The highest BCUT2D eigenvalue weighted by Crippen LogP contribution is 2.39. The Morgan fingerprint density at radius 2 is 2.21 bits per heavy atom. The van der Waals surface area contributed by atoms with Crippen molar-refractivity contribution in [3.05, 3.63) is 12.7 Å². The third kappa shape index (κ3) is 2.73. The van der Waals surface area contributed by atoms with Crippen LogP contribution in [-0.2, 0) is 9.53 Å². The molecule has 1 heterocycles. The molecule has 1 saturated heterocycles. The van der Waals surface area contributed by atoms with Crippen LogP contribution in [0.2, 0.25) is 0 Å². The van der Waals surface area contributed by atoms with Gasteiger partial charge in [0.2, 0.25) is 0 Å². The average Bonchev–Trinajstić information content (AvgIpc) is 2.68. The highest BCUT2D eigenvalue weighted by atomic mass is 16.5. The molecule has 2 unspecified atom stereocenters. The molecule has 0 saturated carbocycles. The van der Waals surface area contributed by atoms with Gasteiger partial charge in [0.1, 0.15) is 0 Å². The number of rotatable bonds is 5. The van der Waals surface area contributed by atoms with Crippen molar-refractivity contribution in [2.75, 3.05) is 34.3 Å². The van der Waals surface area contributed by atoms with E-state index >= 15 is 0 Å². The van der Waals surface area contributed by atoms with Gasteiger partial charge in [-0.15, -0.1) is 6.58 Å². The van der Waals surface area contributed by atoms with Crippen LogP contribution in [0.3, 0.4) is 0 Å². The van der Waals surface area contributed by atoms with Crippen molar-refractivity contribution in [3.8, 4) is 0 Å². The number of allylic oxidation sites excluding steroid dienone is 1. The summed E-state index contributed by atoms with van der Waals surface area (Å²) in [4.78, 5) is 26.8. The van der Waals surface area contributed by atoms with Crippen molar-refractivity contribution in [1.29, 1.82) is 0 Å². The van der Waals surface area contributed by atoms with E-state index < -0.39 is 17.6 Å². The lowest BCUT2D eigenvalue weighted by molar-refractivity contribution is -0.156. The van der Waals surface area contributed by atoms with Crippen LogP contribution >= 0.6 is 0 Å². The van der Waals surface area contributed by atoms with Gasteiger partial charge in [-0.2, -0.15) is 0 Å². The molecule has 108 valence electrons. The number of likely N-dealkylation sites (tertiary alicyclic amines) is 1. The molecule has 1 N–H and O–H groups in total. The normalized spacial score (nSPS) is 26.5. The highest BCUT2D eigenvalue weighted by molar-refractivity contribution is 5.87. The predicted molar refractivity (Wildman–Crippen MR) is 71.0 cm³/mol. The molecular formula is C13H22N2O4. The Morgan fingerprint density at radius 3 is 2.63 bits per heavy atom. The Bertz CT molecular complexity index is 370. The van der Waals surface area contributed by atoms with E-state index in [4.69, 9.17) is 4.74 Å². The number of carbonyl (C=O) groups excluding carboxylic acids is 1. The van der Waals surface area contributed by atoms with Gasteiger partial charge < -0.3 is 14.7 Å². The number of carboxylic acid groups (broad SMARTS) is 1. The third-order valence-corrected chi connectivity index (χ3v) is 3.64. The van der Waals surface area contributed by atoms with Gasteiger partial charge >= 0.3 is 12.1 Å². The predicted octanol–water partition coefficient (Wildman–Crippen LogP) is 1.04. The standard InChI is InChI=1S/C13H22N2O4/c1-5-6-10-7-8-15(12(17)18)13(10,9-14(2)3)11(16)19-4/h5,10H,1,6-9H2,2-4H3,(H,17,18). The number of nitrogens with zero attached hydrogens (tertiary/aromatic N) is 2. The Balaban J connectivity index is 3.25. The van der Waals surface area contributed by atoms with Crippen molar-refractivity contribution in [3.63, 3.8) is 0 Å². The first kappa shape index (κ1) is 15.5. The van der Waals surface area contributed by atoms with Crippen LogP contribution in [0.15, 0.2) is 12.7 Å². The molecule has 1 rings (SSSR count). The van der Waals surface area contributed by atoms with E-state index in [0.29, 0.717) is 25.9 Å². The fraction of sp³-hybridized carbons (Fsp3) is 0.692. The van der Waals surface area contributed by atoms with Crippen molar-refractivity contribution < 1.29 is 19.4 Å². The third-order valence-electron chi connectivity index (χ3n) is 3.64. The van der Waals surface area contributed by atoms with Gasteiger partial charge in [0.05, 0.1) is 7.11 Å². The maximum absolute atomic E-state index is 12.3. The minimum Gasteiger partial charge on any atom is -0.467 e. The van der Waals surface area contributed by atoms with Crippen LogP contribution in [-0.4, -0.2) is 66.8 Å². The van der Waals surface area contributed by atoms with Gasteiger partial charge in [0.15, 0.2) is 5.54 Å². The Morgan fingerprint density at radius 1 is 1.58 bits per heavy atom. The first-order valence-electron chi connectivity index (χ1n) is 6.24. The van der Waals surface area contributed by atoms with Crippen LogP contribution in [0.25, 0.3) is 0 Å². The van der Waals surface area contributed by atoms with Gasteiger partial charge in [-0.05, 0) is 32.9 Å². The summed E-state index contributed by atoms with van der Waals surface area (Å²) in [6, 6.07) is 0. The zero-order chi connectivity index (χ0) is 14.6. The van der Waals surface area contributed by atoms with Crippen LogP contribution in [0.1, 0.15) is 12.8 Å². The second-order valence-electron chi connectivity index (χ2n) is 5.10. The van der Waals surface area contributed by atoms with Gasteiger partial charge in [-0.25, -0.2) is 9.59 Å². The summed E-state index contributed by atoms with van der Waals surface area (Å²) in [7, 11) is 4.92. The SMILES string of the molecule is C=CCC1CCN(C(=O)O)C1(CN(C)C)C(=O)OC. The van der Waals surface area contributed by atoms with Crippen molar-refractivity contribution in [1.82, 2.24) is 9.80 Å². The molecule has 0 bridgehead atoms. The van der Waals surface area contributed by atoms with Crippen molar-refractivity contribution >= 4 is 12.1 Å². The van der Waals surface area contributed by atoms with Gasteiger partial charge in [-0.3, -0.25) is 4.90 Å². The van der Waals surface area contributed by atoms with E-state index in [1.165, 1.54) is 12.0 Å². The van der Waals surface area contributed by atoms with E-state index in [0.717, 1.165) is 0 Å².